The zero-order valence-corrected chi connectivity index (χ0v) is 11.1. The fraction of sp³-hybridized carbons (Fsp3) is 0.0714. The van der Waals surface area contributed by atoms with Gasteiger partial charge in [-0.15, -0.1) is 11.8 Å². The second-order valence-electron chi connectivity index (χ2n) is 3.41. The molecule has 0 spiro atoms. The molecular formula is C14H12OS2. The van der Waals surface area contributed by atoms with Crippen LogP contribution in [0.1, 0.15) is 10.4 Å². The predicted octanol–water partition coefficient (Wildman–Crippen LogP) is 4.37. The minimum Gasteiger partial charge on any atom is -0.298 e. The van der Waals surface area contributed by atoms with Crippen molar-refractivity contribution >= 4 is 29.8 Å². The van der Waals surface area contributed by atoms with Crippen LogP contribution in [-0.2, 0) is 0 Å². The number of rotatable bonds is 4. The summed E-state index contributed by atoms with van der Waals surface area (Å²) in [7, 11) is 0. The van der Waals surface area contributed by atoms with Crippen LogP contribution < -0.4 is 0 Å². The van der Waals surface area contributed by atoms with Crippen molar-refractivity contribution < 1.29 is 4.79 Å². The van der Waals surface area contributed by atoms with Crippen molar-refractivity contribution in [3.05, 3.63) is 54.1 Å². The summed E-state index contributed by atoms with van der Waals surface area (Å²) in [4.78, 5) is 14.4. The summed E-state index contributed by atoms with van der Waals surface area (Å²) in [5.74, 6) is 0. The smallest absolute Gasteiger partial charge is 0.151 e. The molecule has 0 radical (unpaired) electrons. The third-order valence-electron chi connectivity index (χ3n) is 2.33. The molecule has 86 valence electrons. The lowest BCUT2D eigenvalue weighted by molar-refractivity contribution is 0.112. The van der Waals surface area contributed by atoms with Gasteiger partial charge in [-0.2, -0.15) is 0 Å². The number of carbonyl (C=O) groups excluding carboxylic acids is 1. The molecule has 0 saturated heterocycles. The van der Waals surface area contributed by atoms with Crippen molar-refractivity contribution in [2.45, 2.75) is 14.7 Å². The van der Waals surface area contributed by atoms with Crippen LogP contribution in [0.25, 0.3) is 0 Å². The van der Waals surface area contributed by atoms with Gasteiger partial charge in [0, 0.05) is 20.2 Å². The molecule has 2 aromatic rings. The van der Waals surface area contributed by atoms with Gasteiger partial charge < -0.3 is 0 Å². The molecule has 0 heterocycles. The van der Waals surface area contributed by atoms with E-state index in [0.717, 1.165) is 16.7 Å². The number of carbonyl (C=O) groups is 1. The highest BCUT2D eigenvalue weighted by molar-refractivity contribution is 8.02. The monoisotopic (exact) mass is 260 g/mol. The molecule has 0 N–H and O–H groups in total. The van der Waals surface area contributed by atoms with Gasteiger partial charge in [0.1, 0.15) is 0 Å². The summed E-state index contributed by atoms with van der Waals surface area (Å²) in [6, 6.07) is 15.9. The first kappa shape index (κ1) is 12.3. The van der Waals surface area contributed by atoms with Gasteiger partial charge in [-0.25, -0.2) is 0 Å². The first-order chi connectivity index (χ1) is 8.35. The Bertz CT molecular complexity index is 523. The fourth-order valence-electron chi connectivity index (χ4n) is 1.49. The molecule has 0 amide bonds. The Hall–Kier alpha value is -1.19. The quantitative estimate of drug-likeness (QED) is 0.600. The summed E-state index contributed by atoms with van der Waals surface area (Å²) in [6.45, 7) is 0. The molecule has 17 heavy (non-hydrogen) atoms. The van der Waals surface area contributed by atoms with Gasteiger partial charge in [0.25, 0.3) is 0 Å². The normalized spacial score (nSPS) is 10.2. The Morgan fingerprint density at radius 1 is 0.882 bits per heavy atom. The maximum atomic E-state index is 11.0. The Labute approximate surface area is 110 Å². The van der Waals surface area contributed by atoms with Crippen molar-refractivity contribution in [2.24, 2.45) is 0 Å². The fourth-order valence-corrected chi connectivity index (χ4v) is 3.28. The molecule has 0 aliphatic rings. The van der Waals surface area contributed by atoms with E-state index in [1.54, 1.807) is 23.5 Å². The van der Waals surface area contributed by atoms with E-state index in [9.17, 15) is 4.79 Å². The number of aldehydes is 1. The summed E-state index contributed by atoms with van der Waals surface area (Å²) in [5.41, 5.74) is 0.744. The maximum Gasteiger partial charge on any atom is 0.151 e. The zero-order valence-electron chi connectivity index (χ0n) is 9.42. The highest BCUT2D eigenvalue weighted by Gasteiger charge is 2.06. The molecular weight excluding hydrogens is 248 g/mol. The minimum absolute atomic E-state index is 0.744. The summed E-state index contributed by atoms with van der Waals surface area (Å²) >= 11 is 3.36. The number of thioether (sulfide) groups is 1. The van der Waals surface area contributed by atoms with E-state index in [1.165, 1.54) is 9.79 Å². The Balaban J connectivity index is 2.34. The molecule has 0 unspecified atom stereocenters. The number of hydrogen-bond acceptors (Lipinski definition) is 3. The van der Waals surface area contributed by atoms with E-state index in [4.69, 9.17) is 0 Å². The molecule has 0 aliphatic heterocycles. The van der Waals surface area contributed by atoms with E-state index in [-0.39, 0.29) is 0 Å². The highest BCUT2D eigenvalue weighted by atomic mass is 32.2. The topological polar surface area (TPSA) is 17.1 Å². The molecule has 2 aromatic carbocycles. The lowest BCUT2D eigenvalue weighted by Crippen LogP contribution is -1.85. The van der Waals surface area contributed by atoms with Crippen LogP contribution in [0.3, 0.4) is 0 Å². The average Bonchev–Trinajstić information content (AvgIpc) is 2.40. The van der Waals surface area contributed by atoms with E-state index in [0.29, 0.717) is 0 Å². The van der Waals surface area contributed by atoms with Crippen LogP contribution in [0.4, 0.5) is 0 Å². The van der Waals surface area contributed by atoms with Gasteiger partial charge in [-0.3, -0.25) is 4.79 Å². The molecule has 2 rings (SSSR count). The third-order valence-corrected chi connectivity index (χ3v) is 4.43. The Kier molecular flexibility index (Phi) is 4.29. The van der Waals surface area contributed by atoms with E-state index in [2.05, 4.69) is 18.4 Å². The summed E-state index contributed by atoms with van der Waals surface area (Å²) < 4.78 is 0. The van der Waals surface area contributed by atoms with Crippen LogP contribution in [0.2, 0.25) is 0 Å². The number of benzene rings is 2. The zero-order chi connectivity index (χ0) is 12.1. The van der Waals surface area contributed by atoms with Gasteiger partial charge in [-0.1, -0.05) is 42.1 Å². The standard InChI is InChI=1S/C14H12OS2/c1-16-13-8-4-5-9-14(13)17-12-7-3-2-6-11(12)10-15/h2-10H,1H3. The molecule has 0 saturated carbocycles. The van der Waals surface area contributed by atoms with Crippen LogP contribution in [0, 0.1) is 0 Å². The lowest BCUT2D eigenvalue weighted by atomic mass is 10.2. The van der Waals surface area contributed by atoms with E-state index in [1.807, 2.05) is 36.4 Å². The largest absolute Gasteiger partial charge is 0.298 e. The van der Waals surface area contributed by atoms with Crippen molar-refractivity contribution in [1.82, 2.24) is 0 Å². The van der Waals surface area contributed by atoms with Crippen LogP contribution in [0.15, 0.2) is 63.2 Å². The second-order valence-corrected chi connectivity index (χ2v) is 5.34. The molecule has 0 bridgehead atoms. The first-order valence-electron chi connectivity index (χ1n) is 5.20. The summed E-state index contributed by atoms with van der Waals surface area (Å²) in [5, 5.41) is 0. The molecule has 0 aliphatic carbocycles. The van der Waals surface area contributed by atoms with Gasteiger partial charge in [0.2, 0.25) is 0 Å². The third kappa shape index (κ3) is 2.93. The average molecular weight is 260 g/mol. The van der Waals surface area contributed by atoms with Crippen LogP contribution in [0.5, 0.6) is 0 Å². The maximum absolute atomic E-state index is 11.0. The van der Waals surface area contributed by atoms with Gasteiger partial charge >= 0.3 is 0 Å². The van der Waals surface area contributed by atoms with E-state index >= 15 is 0 Å². The SMILES string of the molecule is CSc1ccccc1Sc1ccccc1C=O. The van der Waals surface area contributed by atoms with Crippen molar-refractivity contribution in [3.8, 4) is 0 Å². The Morgan fingerprint density at radius 3 is 2.12 bits per heavy atom. The first-order valence-corrected chi connectivity index (χ1v) is 7.24. The predicted molar refractivity (Wildman–Crippen MR) is 74.2 cm³/mol. The molecule has 3 heteroatoms. The molecule has 1 nitrogen and oxygen atoms in total. The second kappa shape index (κ2) is 5.94. The van der Waals surface area contributed by atoms with Crippen molar-refractivity contribution in [1.29, 1.82) is 0 Å². The van der Waals surface area contributed by atoms with Crippen LogP contribution >= 0.6 is 23.5 Å². The molecule has 0 aromatic heterocycles. The van der Waals surface area contributed by atoms with Gasteiger partial charge in [0.15, 0.2) is 6.29 Å². The summed E-state index contributed by atoms with van der Waals surface area (Å²) in [6.07, 6.45) is 2.97. The van der Waals surface area contributed by atoms with Crippen molar-refractivity contribution in [2.75, 3.05) is 6.26 Å². The Morgan fingerprint density at radius 2 is 1.47 bits per heavy atom. The lowest BCUT2D eigenvalue weighted by Gasteiger charge is -2.07. The van der Waals surface area contributed by atoms with Gasteiger partial charge in [0.05, 0.1) is 0 Å². The van der Waals surface area contributed by atoms with Crippen molar-refractivity contribution in [3.63, 3.8) is 0 Å². The molecule has 0 atom stereocenters. The van der Waals surface area contributed by atoms with Crippen LogP contribution in [-0.4, -0.2) is 12.5 Å². The molecule has 0 fully saturated rings. The highest BCUT2D eigenvalue weighted by Crippen LogP contribution is 2.35. The van der Waals surface area contributed by atoms with E-state index < -0.39 is 0 Å². The minimum atomic E-state index is 0.744. The number of hydrogen-bond donors (Lipinski definition) is 0. The van der Waals surface area contributed by atoms with Gasteiger partial charge in [-0.05, 0) is 24.5 Å².